The first-order valence-corrected chi connectivity index (χ1v) is 6.35. The summed E-state index contributed by atoms with van der Waals surface area (Å²) in [6.45, 7) is 0.820. The van der Waals surface area contributed by atoms with Crippen LogP contribution < -0.4 is 5.73 Å². The van der Waals surface area contributed by atoms with E-state index in [0.717, 1.165) is 36.4 Å². The molecule has 2 aromatic rings. The van der Waals surface area contributed by atoms with Crippen LogP contribution in [0.15, 0.2) is 36.5 Å². The summed E-state index contributed by atoms with van der Waals surface area (Å²) in [6, 6.07) is 9.88. The van der Waals surface area contributed by atoms with E-state index in [2.05, 4.69) is 5.10 Å². The van der Waals surface area contributed by atoms with Crippen LogP contribution in [0, 0.1) is 0 Å². The third-order valence-electron chi connectivity index (χ3n) is 3.28. The molecule has 1 fully saturated rings. The number of hydrogen-bond donors (Lipinski definition) is 1. The smallest absolute Gasteiger partial charge is 0.150 e. The monoisotopic (exact) mass is 243 g/mol. The molecule has 2 N–H and O–H groups in total. The lowest BCUT2D eigenvalue weighted by Gasteiger charge is -2.24. The molecule has 0 amide bonds. The van der Waals surface area contributed by atoms with Crippen LogP contribution >= 0.6 is 0 Å². The van der Waals surface area contributed by atoms with Gasteiger partial charge < -0.3 is 10.5 Å². The molecule has 1 saturated heterocycles. The maximum atomic E-state index is 5.83. The molecule has 2 heterocycles. The van der Waals surface area contributed by atoms with Crippen molar-refractivity contribution in [3.63, 3.8) is 0 Å². The molecule has 1 aliphatic rings. The summed E-state index contributed by atoms with van der Waals surface area (Å²) in [5.41, 5.74) is 8.75. The van der Waals surface area contributed by atoms with Crippen molar-refractivity contribution in [2.75, 3.05) is 12.3 Å². The molecular weight excluding hydrogens is 226 g/mol. The van der Waals surface area contributed by atoms with Crippen LogP contribution in [0.2, 0.25) is 0 Å². The molecule has 1 aromatic carbocycles. The van der Waals surface area contributed by atoms with E-state index in [1.54, 1.807) is 0 Å². The van der Waals surface area contributed by atoms with Gasteiger partial charge in [0.1, 0.15) is 0 Å². The van der Waals surface area contributed by atoms with Crippen LogP contribution in [0.3, 0.4) is 0 Å². The summed E-state index contributed by atoms with van der Waals surface area (Å²) in [5, 5.41) is 4.40. The van der Waals surface area contributed by atoms with E-state index in [1.165, 1.54) is 6.42 Å². The van der Waals surface area contributed by atoms with E-state index in [0.29, 0.717) is 0 Å². The van der Waals surface area contributed by atoms with Gasteiger partial charge in [-0.1, -0.05) is 12.1 Å². The molecule has 0 bridgehead atoms. The number of anilines is 1. The summed E-state index contributed by atoms with van der Waals surface area (Å²) in [7, 11) is 0. The van der Waals surface area contributed by atoms with E-state index < -0.39 is 0 Å². The lowest BCUT2D eigenvalue weighted by Crippen LogP contribution is -2.19. The Labute approximate surface area is 106 Å². The minimum Gasteiger partial charge on any atom is -0.399 e. The molecule has 94 valence electrons. The zero-order valence-corrected chi connectivity index (χ0v) is 10.2. The summed E-state index contributed by atoms with van der Waals surface area (Å²) in [4.78, 5) is 0. The second kappa shape index (κ2) is 4.82. The number of ether oxygens (including phenoxy) is 1. The molecule has 1 aliphatic heterocycles. The molecule has 3 rings (SSSR count). The van der Waals surface area contributed by atoms with Crippen LogP contribution in [-0.2, 0) is 4.74 Å². The lowest BCUT2D eigenvalue weighted by atomic mass is 10.1. The molecule has 1 atom stereocenters. The van der Waals surface area contributed by atoms with Crippen molar-refractivity contribution < 1.29 is 4.74 Å². The Morgan fingerprint density at radius 1 is 1.28 bits per heavy atom. The molecule has 1 unspecified atom stereocenters. The van der Waals surface area contributed by atoms with Crippen LogP contribution in [0.4, 0.5) is 5.69 Å². The van der Waals surface area contributed by atoms with Crippen molar-refractivity contribution in [1.82, 2.24) is 9.78 Å². The van der Waals surface area contributed by atoms with E-state index in [4.69, 9.17) is 10.5 Å². The predicted molar refractivity (Wildman–Crippen MR) is 70.9 cm³/mol. The maximum Gasteiger partial charge on any atom is 0.150 e. The molecule has 18 heavy (non-hydrogen) atoms. The third-order valence-corrected chi connectivity index (χ3v) is 3.28. The van der Waals surface area contributed by atoms with Crippen LogP contribution in [0.5, 0.6) is 0 Å². The first-order chi connectivity index (χ1) is 8.84. The topological polar surface area (TPSA) is 53.1 Å². The molecule has 0 saturated carbocycles. The number of nitrogen functional groups attached to an aromatic ring is 1. The lowest BCUT2D eigenvalue weighted by molar-refractivity contribution is -0.0383. The number of nitrogens with zero attached hydrogens (tertiary/aromatic N) is 2. The van der Waals surface area contributed by atoms with Gasteiger partial charge in [-0.2, -0.15) is 5.10 Å². The van der Waals surface area contributed by atoms with E-state index in [1.807, 2.05) is 41.2 Å². The largest absolute Gasteiger partial charge is 0.399 e. The van der Waals surface area contributed by atoms with Crippen LogP contribution in [0.1, 0.15) is 25.5 Å². The van der Waals surface area contributed by atoms with Gasteiger partial charge in [0.15, 0.2) is 6.23 Å². The van der Waals surface area contributed by atoms with Gasteiger partial charge in [-0.15, -0.1) is 0 Å². The average molecular weight is 243 g/mol. The highest BCUT2D eigenvalue weighted by Crippen LogP contribution is 2.28. The summed E-state index contributed by atoms with van der Waals surface area (Å²) < 4.78 is 7.75. The number of rotatable bonds is 2. The molecule has 0 spiro atoms. The Balaban J connectivity index is 1.95. The van der Waals surface area contributed by atoms with Crippen LogP contribution in [-0.4, -0.2) is 16.4 Å². The van der Waals surface area contributed by atoms with Gasteiger partial charge in [-0.25, -0.2) is 4.68 Å². The molecular formula is C14H17N3O. The van der Waals surface area contributed by atoms with Crippen molar-refractivity contribution in [2.24, 2.45) is 0 Å². The highest BCUT2D eigenvalue weighted by Gasteiger charge is 2.19. The van der Waals surface area contributed by atoms with Gasteiger partial charge in [-0.05, 0) is 37.5 Å². The Morgan fingerprint density at radius 3 is 3.00 bits per heavy atom. The Morgan fingerprint density at radius 2 is 2.22 bits per heavy atom. The first kappa shape index (κ1) is 11.3. The highest BCUT2D eigenvalue weighted by molar-refractivity contribution is 5.64. The summed E-state index contributed by atoms with van der Waals surface area (Å²) in [6.07, 6.45) is 5.24. The molecule has 4 heteroatoms. The third kappa shape index (κ3) is 2.11. The van der Waals surface area contributed by atoms with Crippen molar-refractivity contribution in [3.05, 3.63) is 36.5 Å². The van der Waals surface area contributed by atoms with Gasteiger partial charge >= 0.3 is 0 Å². The van der Waals surface area contributed by atoms with E-state index >= 15 is 0 Å². The average Bonchev–Trinajstić information content (AvgIpc) is 2.89. The Hall–Kier alpha value is -1.81. The fourth-order valence-electron chi connectivity index (χ4n) is 2.39. The first-order valence-electron chi connectivity index (χ1n) is 6.35. The number of nitrogens with two attached hydrogens (primary N) is 1. The molecule has 0 radical (unpaired) electrons. The maximum absolute atomic E-state index is 5.83. The van der Waals surface area contributed by atoms with Crippen molar-refractivity contribution in [3.8, 4) is 11.3 Å². The second-order valence-corrected chi connectivity index (χ2v) is 4.61. The standard InChI is InChI=1S/C14H17N3O/c15-12-5-3-4-11(10-12)13-7-8-16-17(13)14-6-1-2-9-18-14/h3-5,7-8,10,14H,1-2,6,9,15H2. The van der Waals surface area contributed by atoms with Crippen molar-refractivity contribution >= 4 is 5.69 Å². The minimum absolute atomic E-state index is 0.0604. The quantitative estimate of drug-likeness (QED) is 0.825. The second-order valence-electron chi connectivity index (χ2n) is 4.61. The predicted octanol–water partition coefficient (Wildman–Crippen LogP) is 2.83. The van der Waals surface area contributed by atoms with Gasteiger partial charge in [0.25, 0.3) is 0 Å². The van der Waals surface area contributed by atoms with E-state index in [9.17, 15) is 0 Å². The number of benzene rings is 1. The number of aromatic nitrogens is 2. The zero-order valence-electron chi connectivity index (χ0n) is 10.2. The Bertz CT molecular complexity index is 529. The zero-order chi connectivity index (χ0) is 12.4. The Kier molecular flexibility index (Phi) is 3.02. The minimum atomic E-state index is 0.0604. The van der Waals surface area contributed by atoms with Crippen molar-refractivity contribution in [2.45, 2.75) is 25.5 Å². The summed E-state index contributed by atoms with van der Waals surface area (Å²) in [5.74, 6) is 0. The van der Waals surface area contributed by atoms with Crippen LogP contribution in [0.25, 0.3) is 11.3 Å². The SMILES string of the molecule is Nc1cccc(-c2ccnn2C2CCCCO2)c1. The normalized spacial score (nSPS) is 19.9. The molecule has 0 aliphatic carbocycles. The fourth-order valence-corrected chi connectivity index (χ4v) is 2.39. The highest BCUT2D eigenvalue weighted by atomic mass is 16.5. The van der Waals surface area contributed by atoms with Gasteiger partial charge in [0.05, 0.1) is 5.69 Å². The van der Waals surface area contributed by atoms with Crippen molar-refractivity contribution in [1.29, 1.82) is 0 Å². The van der Waals surface area contributed by atoms with E-state index in [-0.39, 0.29) is 6.23 Å². The van der Waals surface area contributed by atoms with Gasteiger partial charge in [0, 0.05) is 24.1 Å². The van der Waals surface area contributed by atoms with Gasteiger partial charge in [-0.3, -0.25) is 0 Å². The number of hydrogen-bond acceptors (Lipinski definition) is 3. The van der Waals surface area contributed by atoms with Gasteiger partial charge in [0.2, 0.25) is 0 Å². The molecule has 4 nitrogen and oxygen atoms in total. The summed E-state index contributed by atoms with van der Waals surface area (Å²) >= 11 is 0. The fraction of sp³-hybridized carbons (Fsp3) is 0.357. The molecule has 1 aromatic heterocycles.